The summed E-state index contributed by atoms with van der Waals surface area (Å²) in [5.41, 5.74) is 2.42. The molecule has 0 aromatic carbocycles. The van der Waals surface area contributed by atoms with E-state index in [1.807, 2.05) is 0 Å². The standard InChI is InChI=1S/C18H26N2O3/c1-11-8-12-9-15(19-16(21)17(22)23)14-5-3-7-20-6-2-4-13(12)18(14,20)10-11/h11-13H,2-10H2,1H3,(H,19,21)(H,22,23). The highest BCUT2D eigenvalue weighted by Crippen LogP contribution is 2.59. The third-order valence-electron chi connectivity index (χ3n) is 6.72. The highest BCUT2D eigenvalue weighted by Gasteiger charge is 2.58. The fourth-order valence-electron chi connectivity index (χ4n) is 6.23. The van der Waals surface area contributed by atoms with E-state index in [4.69, 9.17) is 5.11 Å². The van der Waals surface area contributed by atoms with Gasteiger partial charge in [-0.1, -0.05) is 6.92 Å². The Labute approximate surface area is 137 Å². The minimum absolute atomic E-state index is 0.109. The summed E-state index contributed by atoms with van der Waals surface area (Å²) in [6, 6.07) is 0. The molecule has 1 saturated carbocycles. The quantitative estimate of drug-likeness (QED) is 0.727. The molecule has 2 aliphatic carbocycles. The fourth-order valence-corrected chi connectivity index (χ4v) is 6.23. The molecule has 1 spiro atoms. The third-order valence-corrected chi connectivity index (χ3v) is 6.72. The van der Waals surface area contributed by atoms with Crippen LogP contribution in [0.5, 0.6) is 0 Å². The Balaban J connectivity index is 1.79. The molecule has 23 heavy (non-hydrogen) atoms. The van der Waals surface area contributed by atoms with Crippen LogP contribution in [-0.2, 0) is 9.59 Å². The topological polar surface area (TPSA) is 69.6 Å². The largest absolute Gasteiger partial charge is 0.474 e. The SMILES string of the molecule is CC1CC2CC(NC(=O)C(=O)O)=C3CCCN4CCCC2C34C1. The Morgan fingerprint density at radius 3 is 2.87 bits per heavy atom. The van der Waals surface area contributed by atoms with Crippen molar-refractivity contribution in [1.29, 1.82) is 0 Å². The van der Waals surface area contributed by atoms with Crippen LogP contribution in [0.2, 0.25) is 0 Å². The molecule has 2 N–H and O–H groups in total. The first-order chi connectivity index (χ1) is 11.0. The molecule has 0 aromatic heterocycles. The van der Waals surface area contributed by atoms with Gasteiger partial charge in [-0.3, -0.25) is 9.69 Å². The number of hydrogen-bond acceptors (Lipinski definition) is 3. The Kier molecular flexibility index (Phi) is 3.52. The number of hydrogen-bond donors (Lipinski definition) is 2. The van der Waals surface area contributed by atoms with Crippen LogP contribution in [0.3, 0.4) is 0 Å². The van der Waals surface area contributed by atoms with Crippen LogP contribution in [0.4, 0.5) is 0 Å². The molecule has 2 aliphatic heterocycles. The second-order valence-electron chi connectivity index (χ2n) is 7.99. The number of aliphatic carboxylic acids is 1. The number of carbonyl (C=O) groups excluding carboxylic acids is 1. The second kappa shape index (κ2) is 5.33. The number of carboxylic acids is 1. The van der Waals surface area contributed by atoms with Crippen LogP contribution in [0.25, 0.3) is 0 Å². The smallest absolute Gasteiger partial charge is 0.394 e. The number of amides is 1. The monoisotopic (exact) mass is 318 g/mol. The van der Waals surface area contributed by atoms with Crippen molar-refractivity contribution >= 4 is 11.9 Å². The van der Waals surface area contributed by atoms with Gasteiger partial charge in [0.1, 0.15) is 0 Å². The average Bonchev–Trinajstić information content (AvgIpc) is 2.50. The Morgan fingerprint density at radius 2 is 2.09 bits per heavy atom. The van der Waals surface area contributed by atoms with E-state index in [-0.39, 0.29) is 5.54 Å². The zero-order valence-electron chi connectivity index (χ0n) is 13.8. The van der Waals surface area contributed by atoms with Gasteiger partial charge in [-0.2, -0.15) is 0 Å². The van der Waals surface area contributed by atoms with Gasteiger partial charge in [0.15, 0.2) is 0 Å². The van der Waals surface area contributed by atoms with Gasteiger partial charge >= 0.3 is 11.9 Å². The van der Waals surface area contributed by atoms with Crippen molar-refractivity contribution < 1.29 is 14.7 Å². The van der Waals surface area contributed by atoms with Crippen molar-refractivity contribution in [2.24, 2.45) is 17.8 Å². The van der Waals surface area contributed by atoms with Crippen molar-refractivity contribution in [2.45, 2.75) is 57.4 Å². The molecule has 5 heteroatoms. The van der Waals surface area contributed by atoms with Gasteiger partial charge < -0.3 is 10.4 Å². The minimum atomic E-state index is -1.38. The number of allylic oxidation sites excluding steroid dienone is 1. The second-order valence-corrected chi connectivity index (χ2v) is 7.99. The predicted octanol–water partition coefficient (Wildman–Crippen LogP) is 2.14. The molecule has 4 unspecified atom stereocenters. The molecular weight excluding hydrogens is 292 g/mol. The Morgan fingerprint density at radius 1 is 1.30 bits per heavy atom. The van der Waals surface area contributed by atoms with Crippen molar-refractivity contribution in [3.8, 4) is 0 Å². The maximum absolute atomic E-state index is 11.8. The highest BCUT2D eigenvalue weighted by atomic mass is 16.4. The summed E-state index contributed by atoms with van der Waals surface area (Å²) in [6.45, 7) is 4.66. The molecule has 2 saturated heterocycles. The van der Waals surface area contributed by atoms with E-state index >= 15 is 0 Å². The van der Waals surface area contributed by atoms with Gasteiger partial charge in [-0.05, 0) is 81.4 Å². The van der Waals surface area contributed by atoms with Crippen LogP contribution in [0.1, 0.15) is 51.9 Å². The lowest BCUT2D eigenvalue weighted by molar-refractivity contribution is -0.150. The molecule has 5 nitrogen and oxygen atoms in total. The summed E-state index contributed by atoms with van der Waals surface area (Å²) in [5, 5.41) is 11.7. The number of nitrogens with one attached hydrogen (secondary N) is 1. The zero-order valence-corrected chi connectivity index (χ0v) is 13.8. The van der Waals surface area contributed by atoms with Crippen molar-refractivity contribution in [3.63, 3.8) is 0 Å². The van der Waals surface area contributed by atoms with Gasteiger partial charge in [0.2, 0.25) is 0 Å². The lowest BCUT2D eigenvalue weighted by atomic mass is 9.52. The summed E-state index contributed by atoms with van der Waals surface area (Å²) in [4.78, 5) is 25.4. The first-order valence-corrected chi connectivity index (χ1v) is 9.04. The van der Waals surface area contributed by atoms with Gasteiger partial charge in [0.25, 0.3) is 0 Å². The van der Waals surface area contributed by atoms with E-state index < -0.39 is 11.9 Å². The van der Waals surface area contributed by atoms with Crippen molar-refractivity contribution in [1.82, 2.24) is 10.2 Å². The summed E-state index contributed by atoms with van der Waals surface area (Å²) in [7, 11) is 0. The highest BCUT2D eigenvalue weighted by molar-refractivity contribution is 6.31. The average molecular weight is 318 g/mol. The fraction of sp³-hybridized carbons (Fsp3) is 0.778. The molecule has 4 aliphatic rings. The van der Waals surface area contributed by atoms with Crippen molar-refractivity contribution in [3.05, 3.63) is 11.3 Å². The number of nitrogens with zero attached hydrogens (tertiary/aromatic N) is 1. The van der Waals surface area contributed by atoms with E-state index in [1.165, 1.54) is 31.3 Å². The summed E-state index contributed by atoms with van der Waals surface area (Å²) >= 11 is 0. The molecule has 2 heterocycles. The molecule has 4 atom stereocenters. The Bertz CT molecular complexity index is 583. The first-order valence-electron chi connectivity index (χ1n) is 9.04. The van der Waals surface area contributed by atoms with Gasteiger partial charge in [-0.15, -0.1) is 0 Å². The van der Waals surface area contributed by atoms with E-state index in [0.29, 0.717) is 17.8 Å². The molecule has 3 fully saturated rings. The minimum Gasteiger partial charge on any atom is -0.474 e. The molecule has 126 valence electrons. The predicted molar refractivity (Wildman–Crippen MR) is 85.6 cm³/mol. The normalized spacial score (nSPS) is 39.6. The van der Waals surface area contributed by atoms with E-state index in [1.54, 1.807) is 0 Å². The van der Waals surface area contributed by atoms with Gasteiger partial charge in [0, 0.05) is 11.2 Å². The molecule has 1 amide bonds. The maximum Gasteiger partial charge on any atom is 0.394 e. The summed E-state index contributed by atoms with van der Waals surface area (Å²) in [6.07, 6.45) is 7.95. The Hall–Kier alpha value is -1.36. The van der Waals surface area contributed by atoms with Gasteiger partial charge in [-0.25, -0.2) is 4.79 Å². The van der Waals surface area contributed by atoms with E-state index in [0.717, 1.165) is 38.0 Å². The van der Waals surface area contributed by atoms with E-state index in [9.17, 15) is 9.59 Å². The zero-order chi connectivity index (χ0) is 16.2. The third kappa shape index (κ3) is 2.16. The lowest BCUT2D eigenvalue weighted by Gasteiger charge is -2.64. The molecule has 4 rings (SSSR count). The van der Waals surface area contributed by atoms with Crippen LogP contribution < -0.4 is 5.32 Å². The molecular formula is C18H26N2O3. The molecule has 0 aromatic rings. The van der Waals surface area contributed by atoms with Crippen LogP contribution in [-0.4, -0.2) is 40.5 Å². The first kappa shape index (κ1) is 15.2. The number of rotatable bonds is 1. The number of carbonyl (C=O) groups is 2. The van der Waals surface area contributed by atoms with Crippen molar-refractivity contribution in [2.75, 3.05) is 13.1 Å². The maximum atomic E-state index is 11.8. The summed E-state index contributed by atoms with van der Waals surface area (Å²) in [5.74, 6) is -0.253. The number of piperidine rings is 2. The van der Waals surface area contributed by atoms with E-state index in [2.05, 4.69) is 17.1 Å². The summed E-state index contributed by atoms with van der Waals surface area (Å²) < 4.78 is 0. The van der Waals surface area contributed by atoms with Gasteiger partial charge in [0.05, 0.1) is 0 Å². The van der Waals surface area contributed by atoms with Crippen LogP contribution in [0, 0.1) is 17.8 Å². The molecule has 0 radical (unpaired) electrons. The number of carboxylic acid groups (broad SMARTS) is 1. The lowest BCUT2D eigenvalue weighted by Crippen LogP contribution is -2.67. The molecule has 2 bridgehead atoms. The van der Waals surface area contributed by atoms with Crippen LogP contribution >= 0.6 is 0 Å². The van der Waals surface area contributed by atoms with Crippen LogP contribution in [0.15, 0.2) is 11.3 Å².